The lowest BCUT2D eigenvalue weighted by Gasteiger charge is -2.16. The van der Waals surface area contributed by atoms with Gasteiger partial charge in [0.05, 0.1) is 5.56 Å². The first kappa shape index (κ1) is 20.2. The molecular weight excluding hydrogens is 343 g/mol. The minimum atomic E-state index is -0.619. The second kappa shape index (κ2) is 8.50. The molecule has 1 aromatic heterocycles. The summed E-state index contributed by atoms with van der Waals surface area (Å²) in [5, 5.41) is 0. The molecule has 0 atom stereocenters. The Kier molecular flexibility index (Phi) is 6.36. The van der Waals surface area contributed by atoms with Crippen molar-refractivity contribution >= 4 is 5.91 Å². The van der Waals surface area contributed by atoms with Gasteiger partial charge in [-0.15, -0.1) is 5.92 Å². The van der Waals surface area contributed by atoms with Crippen LogP contribution in [0.2, 0.25) is 0 Å². The molecule has 4 nitrogen and oxygen atoms in total. The molecule has 0 fully saturated rings. The molecule has 5 heteroatoms. The van der Waals surface area contributed by atoms with Gasteiger partial charge in [-0.3, -0.25) is 9.59 Å². The van der Waals surface area contributed by atoms with Gasteiger partial charge >= 0.3 is 0 Å². The lowest BCUT2D eigenvalue weighted by atomic mass is 9.96. The van der Waals surface area contributed by atoms with Crippen LogP contribution in [0, 0.1) is 24.6 Å². The highest BCUT2D eigenvalue weighted by Gasteiger charge is 2.20. The van der Waals surface area contributed by atoms with Crippen LogP contribution in [0.3, 0.4) is 0 Å². The molecule has 0 aliphatic rings. The number of carbonyl (C=O) groups is 1. The van der Waals surface area contributed by atoms with Crippen LogP contribution >= 0.6 is 0 Å². The van der Waals surface area contributed by atoms with Crippen LogP contribution in [-0.2, 0) is 6.54 Å². The van der Waals surface area contributed by atoms with E-state index in [4.69, 9.17) is 0 Å². The Bertz CT molecular complexity index is 1020. The van der Waals surface area contributed by atoms with Crippen LogP contribution in [-0.4, -0.2) is 29.5 Å². The van der Waals surface area contributed by atoms with E-state index >= 15 is 4.39 Å². The Morgan fingerprint density at radius 2 is 2.00 bits per heavy atom. The van der Waals surface area contributed by atoms with E-state index in [1.165, 1.54) is 15.5 Å². The summed E-state index contributed by atoms with van der Waals surface area (Å²) in [5.41, 5.74) is 1.49. The molecule has 27 heavy (non-hydrogen) atoms. The van der Waals surface area contributed by atoms with Gasteiger partial charge in [-0.25, -0.2) is 4.39 Å². The molecule has 0 radical (unpaired) electrons. The Morgan fingerprint density at radius 1 is 1.30 bits per heavy atom. The zero-order valence-electron chi connectivity index (χ0n) is 16.3. The summed E-state index contributed by atoms with van der Waals surface area (Å²) in [4.78, 5) is 26.2. The predicted octanol–water partition coefficient (Wildman–Crippen LogP) is 3.61. The van der Waals surface area contributed by atoms with Gasteiger partial charge in [-0.1, -0.05) is 30.2 Å². The molecule has 2 rings (SSSR count). The zero-order valence-corrected chi connectivity index (χ0v) is 16.3. The molecule has 0 saturated carbocycles. The van der Waals surface area contributed by atoms with Crippen LogP contribution in [0.1, 0.15) is 35.3 Å². The Labute approximate surface area is 158 Å². The summed E-state index contributed by atoms with van der Waals surface area (Å²) >= 11 is 0. The standard InChI is InChI=1S/C22H23FN2O2/c1-6-8-13-25-14-19(16(10-7-2)15(3)21(25)26)17-11-9-12-18(20(17)23)22(27)24(4)5/h6,8-9,11-12,14H,13H2,1-5H3/b8-6+. The van der Waals surface area contributed by atoms with Crippen molar-refractivity contribution in [1.29, 1.82) is 0 Å². The van der Waals surface area contributed by atoms with E-state index in [0.29, 0.717) is 23.2 Å². The number of rotatable bonds is 4. The number of aromatic nitrogens is 1. The molecule has 1 heterocycles. The fourth-order valence-electron chi connectivity index (χ4n) is 2.79. The molecule has 0 bridgehead atoms. The quantitative estimate of drug-likeness (QED) is 0.613. The maximum atomic E-state index is 15.2. The summed E-state index contributed by atoms with van der Waals surface area (Å²) in [6, 6.07) is 4.69. The van der Waals surface area contributed by atoms with Crippen LogP contribution < -0.4 is 5.56 Å². The number of halogens is 1. The van der Waals surface area contributed by atoms with Crippen molar-refractivity contribution in [3.05, 3.63) is 69.4 Å². The van der Waals surface area contributed by atoms with E-state index < -0.39 is 11.7 Å². The van der Waals surface area contributed by atoms with Gasteiger partial charge < -0.3 is 9.47 Å². The Balaban J connectivity index is 2.82. The molecule has 0 saturated heterocycles. The smallest absolute Gasteiger partial charge is 0.256 e. The van der Waals surface area contributed by atoms with Gasteiger partial charge in [0.15, 0.2) is 0 Å². The molecule has 0 spiro atoms. The highest BCUT2D eigenvalue weighted by molar-refractivity contribution is 5.95. The van der Waals surface area contributed by atoms with E-state index in [1.54, 1.807) is 46.3 Å². The molecule has 0 N–H and O–H groups in total. The largest absolute Gasteiger partial charge is 0.345 e. The average molecular weight is 366 g/mol. The Morgan fingerprint density at radius 3 is 2.59 bits per heavy atom. The highest BCUT2D eigenvalue weighted by atomic mass is 19.1. The van der Waals surface area contributed by atoms with Gasteiger partial charge in [0.25, 0.3) is 11.5 Å². The van der Waals surface area contributed by atoms with E-state index in [2.05, 4.69) is 11.8 Å². The lowest BCUT2D eigenvalue weighted by molar-refractivity contribution is 0.0823. The molecule has 140 valence electrons. The highest BCUT2D eigenvalue weighted by Crippen LogP contribution is 2.29. The first-order chi connectivity index (χ1) is 12.8. The van der Waals surface area contributed by atoms with Gasteiger partial charge in [0, 0.05) is 49.1 Å². The minimum Gasteiger partial charge on any atom is -0.345 e. The first-order valence-electron chi connectivity index (χ1n) is 8.61. The van der Waals surface area contributed by atoms with Crippen molar-refractivity contribution in [3.63, 3.8) is 0 Å². The zero-order chi connectivity index (χ0) is 20.1. The molecule has 1 aromatic carbocycles. The third kappa shape index (κ3) is 4.01. The first-order valence-corrected chi connectivity index (χ1v) is 8.61. The fourth-order valence-corrected chi connectivity index (χ4v) is 2.79. The van der Waals surface area contributed by atoms with Gasteiger partial charge in [0.2, 0.25) is 0 Å². The van der Waals surface area contributed by atoms with E-state index in [1.807, 2.05) is 19.1 Å². The number of benzene rings is 1. The minimum absolute atomic E-state index is 0.0169. The summed E-state index contributed by atoms with van der Waals surface area (Å²) in [5.74, 6) is 4.67. The molecule has 1 amide bonds. The second-order valence-electron chi connectivity index (χ2n) is 6.31. The van der Waals surface area contributed by atoms with Crippen LogP contribution in [0.25, 0.3) is 11.1 Å². The van der Waals surface area contributed by atoms with Crippen molar-refractivity contribution in [2.24, 2.45) is 0 Å². The molecule has 0 unspecified atom stereocenters. The van der Waals surface area contributed by atoms with E-state index in [0.717, 1.165) is 0 Å². The van der Waals surface area contributed by atoms with Crippen LogP contribution in [0.15, 0.2) is 41.3 Å². The monoisotopic (exact) mass is 366 g/mol. The van der Waals surface area contributed by atoms with E-state index in [9.17, 15) is 9.59 Å². The van der Waals surface area contributed by atoms with Crippen molar-refractivity contribution < 1.29 is 9.18 Å². The average Bonchev–Trinajstić information content (AvgIpc) is 2.65. The Hall–Kier alpha value is -3.13. The topological polar surface area (TPSA) is 42.3 Å². The van der Waals surface area contributed by atoms with Gasteiger partial charge in [0.1, 0.15) is 5.82 Å². The predicted molar refractivity (Wildman–Crippen MR) is 106 cm³/mol. The van der Waals surface area contributed by atoms with Gasteiger partial charge in [-0.2, -0.15) is 0 Å². The maximum absolute atomic E-state index is 15.2. The number of pyridine rings is 1. The maximum Gasteiger partial charge on any atom is 0.256 e. The van der Waals surface area contributed by atoms with Crippen molar-refractivity contribution in [2.75, 3.05) is 14.1 Å². The summed E-state index contributed by atoms with van der Waals surface area (Å²) in [6.45, 7) is 5.59. The molecular formula is C22H23FN2O2. The number of hydrogen-bond acceptors (Lipinski definition) is 2. The lowest BCUT2D eigenvalue weighted by Crippen LogP contribution is -2.24. The fraction of sp³-hybridized carbons (Fsp3) is 0.273. The number of amides is 1. The summed E-state index contributed by atoms with van der Waals surface area (Å²) in [7, 11) is 3.15. The van der Waals surface area contributed by atoms with Crippen molar-refractivity contribution in [3.8, 4) is 23.0 Å². The molecule has 0 aliphatic heterocycles. The van der Waals surface area contributed by atoms with E-state index in [-0.39, 0.29) is 16.7 Å². The number of carbonyl (C=O) groups excluding carboxylic acids is 1. The van der Waals surface area contributed by atoms with Crippen LogP contribution in [0.4, 0.5) is 4.39 Å². The summed E-state index contributed by atoms with van der Waals surface area (Å²) in [6.07, 6.45) is 5.30. The van der Waals surface area contributed by atoms with Crippen molar-refractivity contribution in [1.82, 2.24) is 9.47 Å². The normalized spacial score (nSPS) is 10.6. The second-order valence-corrected chi connectivity index (χ2v) is 6.31. The third-order valence-corrected chi connectivity index (χ3v) is 4.22. The van der Waals surface area contributed by atoms with Crippen LogP contribution in [0.5, 0.6) is 0 Å². The molecule has 0 aliphatic carbocycles. The van der Waals surface area contributed by atoms with Gasteiger partial charge in [-0.05, 0) is 26.8 Å². The van der Waals surface area contributed by atoms with Crippen molar-refractivity contribution in [2.45, 2.75) is 27.3 Å². The third-order valence-electron chi connectivity index (χ3n) is 4.22. The number of nitrogens with zero attached hydrogens (tertiary/aromatic N) is 2. The SMILES string of the molecule is CC#Cc1c(-c2cccc(C(=O)N(C)C)c2F)cn(C/C=C/C)c(=O)c1C. The molecule has 2 aromatic rings. The summed E-state index contributed by atoms with van der Waals surface area (Å²) < 4.78 is 16.7. The number of allylic oxidation sites excluding steroid dienone is 2. The number of hydrogen-bond donors (Lipinski definition) is 0.